The van der Waals surface area contributed by atoms with Crippen LogP contribution in [-0.2, 0) is 16.3 Å². The molecule has 1 aromatic carbocycles. The summed E-state index contributed by atoms with van der Waals surface area (Å²) in [7, 11) is -3.00. The molecular formula is C12H14BrFO3S. The van der Waals surface area contributed by atoms with E-state index in [2.05, 4.69) is 15.9 Å². The average molecular weight is 337 g/mol. The first-order valence-electron chi connectivity index (χ1n) is 5.70. The van der Waals surface area contributed by atoms with Crippen molar-refractivity contribution in [2.24, 2.45) is 5.92 Å². The second-order valence-electron chi connectivity index (χ2n) is 4.67. The van der Waals surface area contributed by atoms with Gasteiger partial charge >= 0.3 is 0 Å². The Kier molecular flexibility index (Phi) is 4.08. The Balaban J connectivity index is 2.08. The molecule has 3 nitrogen and oxygen atoms in total. The van der Waals surface area contributed by atoms with E-state index in [4.69, 9.17) is 0 Å². The van der Waals surface area contributed by atoms with Gasteiger partial charge in [0.05, 0.1) is 17.6 Å². The summed E-state index contributed by atoms with van der Waals surface area (Å²) in [6, 6.07) is 4.28. The van der Waals surface area contributed by atoms with E-state index in [0.717, 1.165) is 4.47 Å². The van der Waals surface area contributed by atoms with Gasteiger partial charge in [0.25, 0.3) is 0 Å². The van der Waals surface area contributed by atoms with Crippen LogP contribution in [0.1, 0.15) is 12.0 Å². The van der Waals surface area contributed by atoms with Crippen LogP contribution in [0.2, 0.25) is 0 Å². The summed E-state index contributed by atoms with van der Waals surface area (Å²) in [6.07, 6.45) is -0.00465. The van der Waals surface area contributed by atoms with Crippen LogP contribution in [-0.4, -0.2) is 31.1 Å². The number of halogens is 2. The zero-order valence-corrected chi connectivity index (χ0v) is 12.0. The molecule has 1 aromatic rings. The molecule has 2 atom stereocenters. The van der Waals surface area contributed by atoms with Crippen molar-refractivity contribution in [2.75, 3.05) is 11.5 Å². The highest BCUT2D eigenvalue weighted by Gasteiger charge is 2.33. The van der Waals surface area contributed by atoms with Crippen molar-refractivity contribution in [3.63, 3.8) is 0 Å². The van der Waals surface area contributed by atoms with Crippen LogP contribution in [0.4, 0.5) is 4.39 Å². The third-order valence-corrected chi connectivity index (χ3v) is 5.82. The van der Waals surface area contributed by atoms with Crippen LogP contribution in [0, 0.1) is 11.7 Å². The highest BCUT2D eigenvalue weighted by molar-refractivity contribution is 9.10. The van der Waals surface area contributed by atoms with Gasteiger partial charge in [0.2, 0.25) is 0 Å². The first-order chi connectivity index (χ1) is 8.37. The van der Waals surface area contributed by atoms with Crippen LogP contribution < -0.4 is 0 Å². The molecule has 0 radical (unpaired) electrons. The predicted molar refractivity (Wildman–Crippen MR) is 70.6 cm³/mol. The van der Waals surface area contributed by atoms with Crippen molar-refractivity contribution in [3.05, 3.63) is 34.1 Å². The molecule has 0 aromatic heterocycles. The van der Waals surface area contributed by atoms with Crippen molar-refractivity contribution in [1.29, 1.82) is 0 Å². The number of benzene rings is 1. The molecule has 2 unspecified atom stereocenters. The lowest BCUT2D eigenvalue weighted by Crippen LogP contribution is -2.24. The van der Waals surface area contributed by atoms with Crippen LogP contribution >= 0.6 is 15.9 Å². The summed E-state index contributed by atoms with van der Waals surface area (Å²) < 4.78 is 36.5. The quantitative estimate of drug-likeness (QED) is 0.917. The highest BCUT2D eigenvalue weighted by atomic mass is 79.9. The molecular weight excluding hydrogens is 323 g/mol. The Bertz CT molecular complexity index is 544. The molecule has 1 saturated heterocycles. The maximum absolute atomic E-state index is 13.1. The number of hydrogen-bond donors (Lipinski definition) is 1. The summed E-state index contributed by atoms with van der Waals surface area (Å²) in [5.74, 6) is -0.440. The van der Waals surface area contributed by atoms with Gasteiger partial charge in [-0.1, -0.05) is 15.9 Å². The number of aliphatic hydroxyl groups is 1. The molecule has 0 saturated carbocycles. The van der Waals surface area contributed by atoms with Gasteiger partial charge in [-0.25, -0.2) is 12.8 Å². The Morgan fingerprint density at radius 3 is 2.83 bits per heavy atom. The normalized spacial score (nSPS) is 24.1. The molecule has 18 heavy (non-hydrogen) atoms. The zero-order valence-electron chi connectivity index (χ0n) is 9.64. The molecule has 0 amide bonds. The maximum atomic E-state index is 13.1. The average Bonchev–Trinajstić information content (AvgIpc) is 2.64. The van der Waals surface area contributed by atoms with E-state index in [1.807, 2.05) is 0 Å². The lowest BCUT2D eigenvalue weighted by molar-refractivity contribution is 0.120. The molecule has 1 aliphatic rings. The monoisotopic (exact) mass is 336 g/mol. The van der Waals surface area contributed by atoms with Crippen molar-refractivity contribution >= 4 is 25.8 Å². The number of sulfone groups is 1. The second-order valence-corrected chi connectivity index (χ2v) is 7.75. The smallest absolute Gasteiger partial charge is 0.150 e. The van der Waals surface area contributed by atoms with Gasteiger partial charge in [-0.15, -0.1) is 0 Å². The summed E-state index contributed by atoms with van der Waals surface area (Å²) in [6.45, 7) is 0. The third kappa shape index (κ3) is 3.30. The Morgan fingerprint density at radius 1 is 1.50 bits per heavy atom. The summed E-state index contributed by atoms with van der Waals surface area (Å²) in [4.78, 5) is 0. The Morgan fingerprint density at radius 2 is 2.22 bits per heavy atom. The molecule has 1 aliphatic heterocycles. The van der Waals surface area contributed by atoms with E-state index in [-0.39, 0.29) is 29.7 Å². The van der Waals surface area contributed by atoms with Gasteiger partial charge in [0, 0.05) is 10.4 Å². The van der Waals surface area contributed by atoms with Crippen molar-refractivity contribution in [3.8, 4) is 0 Å². The highest BCUT2D eigenvalue weighted by Crippen LogP contribution is 2.26. The zero-order chi connectivity index (χ0) is 13.3. The van der Waals surface area contributed by atoms with E-state index >= 15 is 0 Å². The first kappa shape index (κ1) is 14.0. The van der Waals surface area contributed by atoms with Crippen LogP contribution in [0.5, 0.6) is 0 Å². The van der Waals surface area contributed by atoms with Gasteiger partial charge in [0.1, 0.15) is 5.82 Å². The van der Waals surface area contributed by atoms with Gasteiger partial charge in [-0.05, 0) is 36.6 Å². The predicted octanol–water partition coefficient (Wildman–Crippen LogP) is 1.93. The standard InChI is InChI=1S/C12H14BrFO3S/c13-11-2-1-10(14)5-9(11)6-12(15)8-3-4-18(16,17)7-8/h1-2,5,8,12,15H,3-4,6-7H2. The van der Waals surface area contributed by atoms with Crippen molar-refractivity contribution < 1.29 is 17.9 Å². The largest absolute Gasteiger partial charge is 0.392 e. The molecule has 1 N–H and O–H groups in total. The summed E-state index contributed by atoms with van der Waals surface area (Å²) >= 11 is 3.29. The molecule has 1 heterocycles. The molecule has 1 fully saturated rings. The minimum Gasteiger partial charge on any atom is -0.392 e. The number of hydrogen-bond acceptors (Lipinski definition) is 3. The fraction of sp³-hybridized carbons (Fsp3) is 0.500. The molecule has 0 bridgehead atoms. The minimum absolute atomic E-state index is 0.0289. The summed E-state index contributed by atoms with van der Waals surface area (Å²) in [5, 5.41) is 10.0. The fourth-order valence-electron chi connectivity index (χ4n) is 2.22. The molecule has 6 heteroatoms. The van der Waals surface area contributed by atoms with Gasteiger partial charge < -0.3 is 5.11 Å². The minimum atomic E-state index is -3.00. The van der Waals surface area contributed by atoms with E-state index in [9.17, 15) is 17.9 Å². The lowest BCUT2D eigenvalue weighted by atomic mass is 9.96. The van der Waals surface area contributed by atoms with Gasteiger partial charge in [-0.2, -0.15) is 0 Å². The fourth-order valence-corrected chi connectivity index (χ4v) is 4.50. The lowest BCUT2D eigenvalue weighted by Gasteiger charge is -2.17. The Labute approximate surface area is 114 Å². The molecule has 100 valence electrons. The second kappa shape index (κ2) is 5.27. The maximum Gasteiger partial charge on any atom is 0.150 e. The number of aliphatic hydroxyl groups excluding tert-OH is 1. The van der Waals surface area contributed by atoms with E-state index in [1.54, 1.807) is 6.07 Å². The van der Waals surface area contributed by atoms with Crippen LogP contribution in [0.3, 0.4) is 0 Å². The van der Waals surface area contributed by atoms with E-state index < -0.39 is 15.9 Å². The molecule has 2 rings (SSSR count). The van der Waals surface area contributed by atoms with Gasteiger partial charge in [-0.3, -0.25) is 0 Å². The van der Waals surface area contributed by atoms with Crippen LogP contribution in [0.15, 0.2) is 22.7 Å². The van der Waals surface area contributed by atoms with E-state index in [1.165, 1.54) is 12.1 Å². The molecule has 0 aliphatic carbocycles. The van der Waals surface area contributed by atoms with Crippen molar-refractivity contribution in [2.45, 2.75) is 18.9 Å². The first-order valence-corrected chi connectivity index (χ1v) is 8.31. The van der Waals surface area contributed by atoms with Crippen molar-refractivity contribution in [1.82, 2.24) is 0 Å². The van der Waals surface area contributed by atoms with Gasteiger partial charge in [0.15, 0.2) is 9.84 Å². The SMILES string of the molecule is O=S1(=O)CCC(C(O)Cc2cc(F)ccc2Br)C1. The number of rotatable bonds is 3. The Hall–Kier alpha value is -0.460. The van der Waals surface area contributed by atoms with E-state index in [0.29, 0.717) is 12.0 Å². The third-order valence-electron chi connectivity index (χ3n) is 3.25. The topological polar surface area (TPSA) is 54.4 Å². The van der Waals surface area contributed by atoms with Crippen LogP contribution in [0.25, 0.3) is 0 Å². The summed E-state index contributed by atoms with van der Waals surface area (Å²) in [5.41, 5.74) is 0.659. The molecule has 0 spiro atoms.